The van der Waals surface area contributed by atoms with Crippen LogP contribution in [0.25, 0.3) is 0 Å². The molecule has 0 amide bonds. The van der Waals surface area contributed by atoms with Gasteiger partial charge in [-0.2, -0.15) is 5.26 Å². The third-order valence-corrected chi connectivity index (χ3v) is 2.20. The van der Waals surface area contributed by atoms with Crippen molar-refractivity contribution in [1.29, 1.82) is 5.26 Å². The topological polar surface area (TPSA) is 23.8 Å². The monoisotopic (exact) mass is 235 g/mol. The maximum atomic E-state index is 8.80. The van der Waals surface area contributed by atoms with Crippen molar-refractivity contribution < 1.29 is 0 Å². The molecule has 0 heterocycles. The predicted octanol–water partition coefficient (Wildman–Crippen LogP) is 3.40. The predicted molar refractivity (Wildman–Crippen MR) is 57.5 cm³/mol. The Labute approximate surface area is 86.8 Å². The molecule has 0 N–H and O–H groups in total. The molecule has 0 bridgehead atoms. The fourth-order valence-corrected chi connectivity index (χ4v) is 1.32. The number of hydrogen-bond acceptors (Lipinski definition) is 1. The van der Waals surface area contributed by atoms with E-state index in [2.05, 4.69) is 28.6 Å². The molecule has 13 heavy (non-hydrogen) atoms. The number of halogens is 1. The van der Waals surface area contributed by atoms with E-state index < -0.39 is 0 Å². The van der Waals surface area contributed by atoms with Gasteiger partial charge in [-0.15, -0.1) is 0 Å². The highest BCUT2D eigenvalue weighted by molar-refractivity contribution is 9.11. The number of hydrogen-bond donors (Lipinski definition) is 0. The summed E-state index contributed by atoms with van der Waals surface area (Å²) in [5, 5.41) is 8.80. The smallest absolute Gasteiger partial charge is 0.0994 e. The zero-order chi connectivity index (χ0) is 9.68. The van der Waals surface area contributed by atoms with Gasteiger partial charge in [-0.1, -0.05) is 40.7 Å². The van der Waals surface area contributed by atoms with Gasteiger partial charge in [-0.25, -0.2) is 0 Å². The van der Waals surface area contributed by atoms with E-state index in [1.165, 1.54) is 0 Å². The summed E-state index contributed by atoms with van der Waals surface area (Å²) in [6, 6.07) is 9.83. The Bertz CT molecular complexity index is 349. The lowest BCUT2D eigenvalue weighted by molar-refractivity contribution is 0.990. The largest absolute Gasteiger partial charge is 0.192 e. The van der Waals surface area contributed by atoms with Crippen LogP contribution in [-0.2, 0) is 6.42 Å². The highest BCUT2D eigenvalue weighted by Crippen LogP contribution is 2.15. The summed E-state index contributed by atoms with van der Waals surface area (Å²) in [6.45, 7) is 3.76. The average molecular weight is 236 g/mol. The number of aryl methyl sites for hydroxylation is 1. The molecule has 0 saturated carbocycles. The second-order valence-electron chi connectivity index (χ2n) is 2.79. The van der Waals surface area contributed by atoms with Gasteiger partial charge in [-0.3, -0.25) is 0 Å². The fourth-order valence-electron chi connectivity index (χ4n) is 1.12. The maximum Gasteiger partial charge on any atom is 0.0994 e. The van der Waals surface area contributed by atoms with E-state index in [1.807, 2.05) is 24.3 Å². The van der Waals surface area contributed by atoms with Gasteiger partial charge >= 0.3 is 0 Å². The summed E-state index contributed by atoms with van der Waals surface area (Å²) in [5.41, 5.74) is 1.85. The number of rotatable bonds is 3. The van der Waals surface area contributed by atoms with E-state index in [0.717, 1.165) is 28.5 Å². The normalized spacial score (nSPS) is 9.23. The first-order chi connectivity index (χ1) is 6.24. The SMILES string of the molecule is C=C(Br)CCc1ccccc1C#N. The van der Waals surface area contributed by atoms with Crippen LogP contribution < -0.4 is 0 Å². The molecule has 0 saturated heterocycles. The molecule has 2 heteroatoms. The Kier molecular flexibility index (Phi) is 3.72. The minimum Gasteiger partial charge on any atom is -0.192 e. The molecule has 0 spiro atoms. The minimum atomic E-state index is 0.760. The number of nitrogens with zero attached hydrogens (tertiary/aromatic N) is 1. The second kappa shape index (κ2) is 4.84. The van der Waals surface area contributed by atoms with Crippen LogP contribution in [0.15, 0.2) is 35.3 Å². The highest BCUT2D eigenvalue weighted by Gasteiger charge is 1.99. The van der Waals surface area contributed by atoms with E-state index in [0.29, 0.717) is 0 Å². The maximum absolute atomic E-state index is 8.80. The Morgan fingerprint density at radius 1 is 1.46 bits per heavy atom. The molecule has 1 nitrogen and oxygen atoms in total. The molecule has 66 valence electrons. The molecular weight excluding hydrogens is 226 g/mol. The van der Waals surface area contributed by atoms with Crippen LogP contribution in [0, 0.1) is 11.3 Å². The lowest BCUT2D eigenvalue weighted by Gasteiger charge is -2.01. The van der Waals surface area contributed by atoms with Crippen molar-refractivity contribution in [2.45, 2.75) is 12.8 Å². The Hall–Kier alpha value is -1.07. The molecule has 0 radical (unpaired) electrons. The first kappa shape index (κ1) is 10.0. The van der Waals surface area contributed by atoms with Gasteiger partial charge in [0.2, 0.25) is 0 Å². The summed E-state index contributed by atoms with van der Waals surface area (Å²) >= 11 is 3.30. The molecule has 0 atom stereocenters. The van der Waals surface area contributed by atoms with Gasteiger partial charge in [0, 0.05) is 0 Å². The van der Waals surface area contributed by atoms with Gasteiger partial charge in [0.05, 0.1) is 11.6 Å². The Morgan fingerprint density at radius 3 is 2.77 bits per heavy atom. The molecule has 0 aliphatic carbocycles. The molecule has 1 aromatic carbocycles. The van der Waals surface area contributed by atoms with Crippen LogP contribution in [0.2, 0.25) is 0 Å². The summed E-state index contributed by atoms with van der Waals surface area (Å²) in [4.78, 5) is 0. The van der Waals surface area contributed by atoms with E-state index in [9.17, 15) is 0 Å². The first-order valence-electron chi connectivity index (χ1n) is 4.05. The van der Waals surface area contributed by atoms with E-state index in [-0.39, 0.29) is 0 Å². The van der Waals surface area contributed by atoms with Gasteiger partial charge in [0.15, 0.2) is 0 Å². The zero-order valence-electron chi connectivity index (χ0n) is 7.26. The lowest BCUT2D eigenvalue weighted by atomic mass is 10.0. The van der Waals surface area contributed by atoms with Crippen LogP contribution >= 0.6 is 15.9 Å². The molecule has 0 fully saturated rings. The van der Waals surface area contributed by atoms with Gasteiger partial charge < -0.3 is 0 Å². The number of benzene rings is 1. The van der Waals surface area contributed by atoms with Gasteiger partial charge in [0.25, 0.3) is 0 Å². The van der Waals surface area contributed by atoms with Crippen molar-refractivity contribution in [3.8, 4) is 6.07 Å². The zero-order valence-corrected chi connectivity index (χ0v) is 8.84. The van der Waals surface area contributed by atoms with Gasteiger partial charge in [0.1, 0.15) is 0 Å². The van der Waals surface area contributed by atoms with E-state index >= 15 is 0 Å². The van der Waals surface area contributed by atoms with Crippen LogP contribution in [-0.4, -0.2) is 0 Å². The third kappa shape index (κ3) is 3.04. The van der Waals surface area contributed by atoms with E-state index in [1.54, 1.807) is 0 Å². The van der Waals surface area contributed by atoms with Crippen LogP contribution in [0.4, 0.5) is 0 Å². The number of allylic oxidation sites excluding steroid dienone is 1. The second-order valence-corrected chi connectivity index (χ2v) is 3.91. The summed E-state index contributed by atoms with van der Waals surface area (Å²) in [7, 11) is 0. The number of nitriles is 1. The molecule has 0 aliphatic rings. The Balaban J connectivity index is 2.77. The standard InChI is InChI=1S/C11H10BrN/c1-9(12)6-7-10-4-2-3-5-11(10)8-13/h2-5H,1,6-7H2. The van der Waals surface area contributed by atoms with Crippen molar-refractivity contribution in [1.82, 2.24) is 0 Å². The van der Waals surface area contributed by atoms with Crippen molar-refractivity contribution in [3.05, 3.63) is 46.5 Å². The highest BCUT2D eigenvalue weighted by atomic mass is 79.9. The molecule has 1 aromatic rings. The van der Waals surface area contributed by atoms with Crippen LogP contribution in [0.5, 0.6) is 0 Å². The minimum absolute atomic E-state index is 0.760. The van der Waals surface area contributed by atoms with Crippen molar-refractivity contribution in [2.75, 3.05) is 0 Å². The fraction of sp³-hybridized carbons (Fsp3) is 0.182. The average Bonchev–Trinajstić information content (AvgIpc) is 2.15. The molecular formula is C11H10BrN. The quantitative estimate of drug-likeness (QED) is 0.788. The Morgan fingerprint density at radius 2 is 2.15 bits per heavy atom. The van der Waals surface area contributed by atoms with Crippen LogP contribution in [0.3, 0.4) is 0 Å². The van der Waals surface area contributed by atoms with Gasteiger partial charge in [-0.05, 0) is 29.0 Å². The third-order valence-electron chi connectivity index (χ3n) is 1.80. The molecule has 1 rings (SSSR count). The summed E-state index contributed by atoms with van der Waals surface area (Å²) in [5.74, 6) is 0. The molecule has 0 aliphatic heterocycles. The summed E-state index contributed by atoms with van der Waals surface area (Å²) in [6.07, 6.45) is 1.74. The molecule has 0 unspecified atom stereocenters. The molecule has 0 aromatic heterocycles. The summed E-state index contributed by atoms with van der Waals surface area (Å²) < 4.78 is 0.972. The van der Waals surface area contributed by atoms with Crippen molar-refractivity contribution in [3.63, 3.8) is 0 Å². The lowest BCUT2D eigenvalue weighted by Crippen LogP contribution is -1.89. The first-order valence-corrected chi connectivity index (χ1v) is 4.84. The van der Waals surface area contributed by atoms with Crippen molar-refractivity contribution >= 4 is 15.9 Å². The van der Waals surface area contributed by atoms with Crippen molar-refractivity contribution in [2.24, 2.45) is 0 Å². The van der Waals surface area contributed by atoms with E-state index in [4.69, 9.17) is 5.26 Å². The van der Waals surface area contributed by atoms with Crippen LogP contribution in [0.1, 0.15) is 17.5 Å².